The van der Waals surface area contributed by atoms with Gasteiger partial charge in [-0.1, -0.05) is 6.92 Å². The Labute approximate surface area is 88.6 Å². The molecule has 1 fully saturated rings. The number of nitrogens with zero attached hydrogens (tertiary/aromatic N) is 2. The molecule has 1 aliphatic heterocycles. The van der Waals surface area contributed by atoms with E-state index in [4.69, 9.17) is 5.73 Å². The summed E-state index contributed by atoms with van der Waals surface area (Å²) in [4.78, 5) is 13.7. The van der Waals surface area contributed by atoms with E-state index < -0.39 is 0 Å². The summed E-state index contributed by atoms with van der Waals surface area (Å²) in [6.07, 6.45) is 3.84. The molecule has 82 valence electrons. The summed E-state index contributed by atoms with van der Waals surface area (Å²) in [5.74, 6) is 0.537. The quantitative estimate of drug-likeness (QED) is 0.704. The molecule has 1 amide bonds. The predicted molar refractivity (Wildman–Crippen MR) is 56.0 cm³/mol. The standard InChI is InChI=1S/C10H16N4O/c1-7-5-14(6-9(7)11)10(15)2-8-3-12-13-4-8/h3-4,7,9H,2,5-6,11H2,1H3,(H,12,13). The minimum atomic E-state index is 0.123. The van der Waals surface area contributed by atoms with Crippen LogP contribution in [0.4, 0.5) is 0 Å². The van der Waals surface area contributed by atoms with E-state index in [9.17, 15) is 4.79 Å². The maximum atomic E-state index is 11.8. The van der Waals surface area contributed by atoms with Crippen LogP contribution in [0.25, 0.3) is 0 Å². The molecule has 15 heavy (non-hydrogen) atoms. The van der Waals surface area contributed by atoms with Crippen LogP contribution >= 0.6 is 0 Å². The number of nitrogens with two attached hydrogens (primary N) is 1. The minimum absolute atomic E-state index is 0.123. The second kappa shape index (κ2) is 4.02. The predicted octanol–water partition coefficient (Wildman–Crippen LogP) is -0.242. The van der Waals surface area contributed by atoms with Crippen LogP contribution in [0.5, 0.6) is 0 Å². The molecule has 3 N–H and O–H groups in total. The Morgan fingerprint density at radius 2 is 2.53 bits per heavy atom. The van der Waals surface area contributed by atoms with Crippen molar-refractivity contribution in [3.63, 3.8) is 0 Å². The number of rotatable bonds is 2. The van der Waals surface area contributed by atoms with Crippen molar-refractivity contribution in [2.45, 2.75) is 19.4 Å². The summed E-state index contributed by atoms with van der Waals surface area (Å²) in [7, 11) is 0. The van der Waals surface area contributed by atoms with Gasteiger partial charge in [-0.3, -0.25) is 9.89 Å². The van der Waals surface area contributed by atoms with Crippen molar-refractivity contribution in [3.05, 3.63) is 18.0 Å². The van der Waals surface area contributed by atoms with E-state index in [1.54, 1.807) is 12.4 Å². The second-order valence-corrected chi connectivity index (χ2v) is 4.22. The Kier molecular flexibility index (Phi) is 2.73. The van der Waals surface area contributed by atoms with Crippen molar-refractivity contribution in [2.75, 3.05) is 13.1 Å². The molecule has 0 aromatic carbocycles. The van der Waals surface area contributed by atoms with E-state index >= 15 is 0 Å². The molecule has 5 heteroatoms. The molecular weight excluding hydrogens is 192 g/mol. The van der Waals surface area contributed by atoms with E-state index in [0.29, 0.717) is 18.9 Å². The molecule has 0 aliphatic carbocycles. The molecular formula is C10H16N4O. The van der Waals surface area contributed by atoms with Gasteiger partial charge in [-0.15, -0.1) is 0 Å². The van der Waals surface area contributed by atoms with Gasteiger partial charge in [-0.25, -0.2) is 0 Å². The number of carbonyl (C=O) groups is 1. The van der Waals surface area contributed by atoms with E-state index in [0.717, 1.165) is 12.1 Å². The lowest BCUT2D eigenvalue weighted by molar-refractivity contribution is -0.129. The van der Waals surface area contributed by atoms with Crippen molar-refractivity contribution in [1.82, 2.24) is 15.1 Å². The summed E-state index contributed by atoms with van der Waals surface area (Å²) < 4.78 is 0. The first-order valence-corrected chi connectivity index (χ1v) is 5.18. The van der Waals surface area contributed by atoms with Crippen LogP contribution in [0.3, 0.4) is 0 Å². The molecule has 2 atom stereocenters. The van der Waals surface area contributed by atoms with Gasteiger partial charge in [0.2, 0.25) is 5.91 Å². The summed E-state index contributed by atoms with van der Waals surface area (Å²) in [5, 5.41) is 6.51. The third-order valence-corrected chi connectivity index (χ3v) is 2.93. The van der Waals surface area contributed by atoms with E-state index in [2.05, 4.69) is 17.1 Å². The van der Waals surface area contributed by atoms with Gasteiger partial charge in [-0.05, 0) is 11.5 Å². The maximum absolute atomic E-state index is 11.8. The van der Waals surface area contributed by atoms with Gasteiger partial charge in [0.05, 0.1) is 12.6 Å². The van der Waals surface area contributed by atoms with Crippen LogP contribution < -0.4 is 5.73 Å². The smallest absolute Gasteiger partial charge is 0.227 e. The number of aromatic nitrogens is 2. The molecule has 2 unspecified atom stereocenters. The summed E-state index contributed by atoms with van der Waals surface area (Å²) in [6, 6.07) is 0.123. The fourth-order valence-corrected chi connectivity index (χ4v) is 1.86. The van der Waals surface area contributed by atoms with Gasteiger partial charge in [0, 0.05) is 25.3 Å². The lowest BCUT2D eigenvalue weighted by atomic mass is 10.1. The number of amides is 1. The van der Waals surface area contributed by atoms with Gasteiger partial charge in [0.1, 0.15) is 0 Å². The lowest BCUT2D eigenvalue weighted by Crippen LogP contribution is -2.33. The molecule has 2 heterocycles. The van der Waals surface area contributed by atoms with Crippen LogP contribution in [0, 0.1) is 5.92 Å². The van der Waals surface area contributed by atoms with E-state index in [1.807, 2.05) is 4.90 Å². The molecule has 0 radical (unpaired) electrons. The SMILES string of the molecule is CC1CN(C(=O)Cc2cn[nH]c2)CC1N. The zero-order valence-corrected chi connectivity index (χ0v) is 8.81. The number of likely N-dealkylation sites (tertiary alicyclic amines) is 1. The van der Waals surface area contributed by atoms with Gasteiger partial charge in [0.25, 0.3) is 0 Å². The van der Waals surface area contributed by atoms with Crippen molar-refractivity contribution >= 4 is 5.91 Å². The van der Waals surface area contributed by atoms with Crippen LogP contribution in [-0.4, -0.2) is 40.1 Å². The lowest BCUT2D eigenvalue weighted by Gasteiger charge is -2.14. The zero-order chi connectivity index (χ0) is 10.8. The van der Waals surface area contributed by atoms with Gasteiger partial charge in [0.15, 0.2) is 0 Å². The number of nitrogens with one attached hydrogen (secondary N) is 1. The molecule has 1 aromatic heterocycles. The third-order valence-electron chi connectivity index (χ3n) is 2.93. The van der Waals surface area contributed by atoms with Crippen LogP contribution in [0.2, 0.25) is 0 Å². The highest BCUT2D eigenvalue weighted by Crippen LogP contribution is 2.15. The molecule has 0 saturated carbocycles. The van der Waals surface area contributed by atoms with E-state index in [-0.39, 0.29) is 11.9 Å². The van der Waals surface area contributed by atoms with Crippen LogP contribution in [0.15, 0.2) is 12.4 Å². The Hall–Kier alpha value is -1.36. The van der Waals surface area contributed by atoms with Gasteiger partial charge in [-0.2, -0.15) is 5.10 Å². The van der Waals surface area contributed by atoms with Crippen molar-refractivity contribution in [2.24, 2.45) is 11.7 Å². The summed E-state index contributed by atoms with van der Waals surface area (Å²) >= 11 is 0. The Balaban J connectivity index is 1.92. The summed E-state index contributed by atoms with van der Waals surface area (Å²) in [6.45, 7) is 3.53. The Bertz CT molecular complexity index is 325. The van der Waals surface area contributed by atoms with Crippen molar-refractivity contribution < 1.29 is 4.79 Å². The molecule has 0 bridgehead atoms. The Morgan fingerprint density at radius 1 is 1.73 bits per heavy atom. The zero-order valence-electron chi connectivity index (χ0n) is 8.81. The molecule has 1 aliphatic rings. The molecule has 2 rings (SSSR count). The normalized spacial score (nSPS) is 25.9. The fraction of sp³-hybridized carbons (Fsp3) is 0.600. The van der Waals surface area contributed by atoms with Crippen molar-refractivity contribution in [3.8, 4) is 0 Å². The average molecular weight is 208 g/mol. The molecule has 0 spiro atoms. The van der Waals surface area contributed by atoms with Crippen LogP contribution in [-0.2, 0) is 11.2 Å². The molecule has 1 aromatic rings. The highest BCUT2D eigenvalue weighted by Gasteiger charge is 2.29. The monoisotopic (exact) mass is 208 g/mol. The number of carbonyl (C=O) groups excluding carboxylic acids is 1. The van der Waals surface area contributed by atoms with E-state index in [1.165, 1.54) is 0 Å². The fourth-order valence-electron chi connectivity index (χ4n) is 1.86. The minimum Gasteiger partial charge on any atom is -0.341 e. The van der Waals surface area contributed by atoms with Crippen molar-refractivity contribution in [1.29, 1.82) is 0 Å². The molecule has 5 nitrogen and oxygen atoms in total. The number of aromatic amines is 1. The third kappa shape index (κ3) is 2.18. The highest BCUT2D eigenvalue weighted by molar-refractivity contribution is 5.79. The van der Waals surface area contributed by atoms with Gasteiger partial charge < -0.3 is 10.6 Å². The second-order valence-electron chi connectivity index (χ2n) is 4.22. The maximum Gasteiger partial charge on any atom is 0.227 e. The highest BCUT2D eigenvalue weighted by atomic mass is 16.2. The number of hydrogen-bond donors (Lipinski definition) is 2. The molecule has 1 saturated heterocycles. The van der Waals surface area contributed by atoms with Gasteiger partial charge >= 0.3 is 0 Å². The summed E-state index contributed by atoms with van der Waals surface area (Å²) in [5.41, 5.74) is 6.79. The first-order valence-electron chi connectivity index (χ1n) is 5.18. The number of hydrogen-bond acceptors (Lipinski definition) is 3. The Morgan fingerprint density at radius 3 is 3.07 bits per heavy atom. The first-order chi connectivity index (χ1) is 7.16. The average Bonchev–Trinajstić information content (AvgIpc) is 2.78. The van der Waals surface area contributed by atoms with Crippen LogP contribution in [0.1, 0.15) is 12.5 Å². The first kappa shape index (κ1) is 10.2. The largest absolute Gasteiger partial charge is 0.341 e. The topological polar surface area (TPSA) is 75.0 Å². The number of H-pyrrole nitrogens is 1.